The summed E-state index contributed by atoms with van der Waals surface area (Å²) in [5.41, 5.74) is 4.64. The molecule has 38 heavy (non-hydrogen) atoms. The molecule has 0 aliphatic carbocycles. The number of anilines is 1. The molecule has 0 saturated carbocycles. The topological polar surface area (TPSA) is 132 Å². The monoisotopic (exact) mass is 533 g/mol. The number of carbonyl (C=O) groups is 2. The number of pyridine rings is 1. The van der Waals surface area contributed by atoms with Crippen LogP contribution in [-0.4, -0.2) is 58.7 Å². The number of carboxylic acid groups (broad SMARTS) is 1. The van der Waals surface area contributed by atoms with Gasteiger partial charge >= 0.3 is 12.0 Å². The largest absolute Gasteiger partial charge is 0.481 e. The van der Waals surface area contributed by atoms with E-state index in [9.17, 15) is 14.7 Å². The van der Waals surface area contributed by atoms with Crippen molar-refractivity contribution in [1.82, 2.24) is 25.9 Å². The van der Waals surface area contributed by atoms with Crippen molar-refractivity contribution in [2.45, 2.75) is 33.0 Å². The number of nitrogens with zero attached hydrogens (tertiary/aromatic N) is 4. The number of rotatable bonds is 6. The Kier molecular flexibility index (Phi) is 6.89. The second kappa shape index (κ2) is 10.1. The van der Waals surface area contributed by atoms with Crippen molar-refractivity contribution in [2.24, 2.45) is 16.3 Å². The number of carboxylic acids is 1. The first-order chi connectivity index (χ1) is 18.3. The zero-order chi connectivity index (χ0) is 26.9. The second-order valence-electron chi connectivity index (χ2n) is 9.77. The number of carbonyl (C=O) groups excluding carboxylic acids is 1. The quantitative estimate of drug-likeness (QED) is 0.379. The predicted molar refractivity (Wildman–Crippen MR) is 149 cm³/mol. The van der Waals surface area contributed by atoms with E-state index in [0.29, 0.717) is 26.1 Å². The molecule has 5 rings (SSSR count). The molecule has 3 unspecified atom stereocenters. The maximum absolute atomic E-state index is 13.2. The van der Waals surface area contributed by atoms with Crippen LogP contribution in [0.5, 0.6) is 0 Å². The van der Waals surface area contributed by atoms with Gasteiger partial charge in [-0.3, -0.25) is 15.1 Å². The first kappa shape index (κ1) is 25.8. The van der Waals surface area contributed by atoms with Crippen molar-refractivity contribution < 1.29 is 14.7 Å². The van der Waals surface area contributed by atoms with Crippen molar-refractivity contribution >= 4 is 45.5 Å². The van der Waals surface area contributed by atoms with Crippen LogP contribution in [0.25, 0.3) is 21.5 Å². The van der Waals surface area contributed by atoms with Crippen LogP contribution in [0.3, 0.4) is 0 Å². The molecular formula is C27H31N7O3S. The van der Waals surface area contributed by atoms with E-state index in [0.717, 1.165) is 32.9 Å². The molecule has 2 amide bonds. The Labute approximate surface area is 224 Å². The average Bonchev–Trinajstić information content (AvgIpc) is 3.38. The number of benzene rings is 1. The number of piperidine rings is 1. The SMILES string of the molecule is CCNC(=O)NC1(C2CNCCC2(C)C(=O)O)N=CC=C(C)N1c1cc(-c2ccccn2)c2scnc2c1. The molecule has 1 saturated heterocycles. The number of hydrogen-bond acceptors (Lipinski definition) is 8. The molecule has 1 fully saturated rings. The minimum atomic E-state index is -1.43. The van der Waals surface area contributed by atoms with E-state index in [-0.39, 0.29) is 0 Å². The molecule has 4 N–H and O–H groups in total. The zero-order valence-electron chi connectivity index (χ0n) is 21.6. The van der Waals surface area contributed by atoms with E-state index in [2.05, 4.69) is 25.9 Å². The van der Waals surface area contributed by atoms with E-state index in [1.807, 2.05) is 55.2 Å². The van der Waals surface area contributed by atoms with Crippen molar-refractivity contribution in [2.75, 3.05) is 24.5 Å². The number of fused-ring (bicyclic) bond motifs is 1. The van der Waals surface area contributed by atoms with Gasteiger partial charge in [0.1, 0.15) is 0 Å². The summed E-state index contributed by atoms with van der Waals surface area (Å²) in [5.74, 6) is -2.97. The minimum Gasteiger partial charge on any atom is -0.481 e. The fraction of sp³-hybridized carbons (Fsp3) is 0.370. The lowest BCUT2D eigenvalue weighted by molar-refractivity contribution is -0.155. The summed E-state index contributed by atoms with van der Waals surface area (Å²) < 4.78 is 0.992. The summed E-state index contributed by atoms with van der Waals surface area (Å²) in [7, 11) is 0. The van der Waals surface area contributed by atoms with Crippen LogP contribution >= 0.6 is 11.3 Å². The number of hydrogen-bond donors (Lipinski definition) is 4. The number of aromatic nitrogens is 2. The van der Waals surface area contributed by atoms with Gasteiger partial charge in [-0.25, -0.2) is 14.8 Å². The van der Waals surface area contributed by atoms with Gasteiger partial charge in [0.25, 0.3) is 0 Å². The minimum absolute atomic E-state index is 0.350. The number of aliphatic imine (C=N–C) groups is 1. The van der Waals surface area contributed by atoms with Gasteiger partial charge in [0.15, 0.2) is 0 Å². The lowest BCUT2D eigenvalue weighted by Crippen LogP contribution is -2.72. The number of urea groups is 1. The van der Waals surface area contributed by atoms with Crippen LogP contribution in [0, 0.1) is 11.3 Å². The molecule has 0 radical (unpaired) electrons. The van der Waals surface area contributed by atoms with Gasteiger partial charge in [-0.15, -0.1) is 11.3 Å². The third-order valence-electron chi connectivity index (χ3n) is 7.44. The maximum atomic E-state index is 13.2. The molecule has 4 heterocycles. The zero-order valence-corrected chi connectivity index (χ0v) is 22.4. The maximum Gasteiger partial charge on any atom is 0.318 e. The molecule has 2 aromatic heterocycles. The molecule has 1 aromatic carbocycles. The number of amides is 2. The highest BCUT2D eigenvalue weighted by Gasteiger charge is 2.58. The van der Waals surface area contributed by atoms with Crippen LogP contribution < -0.4 is 20.9 Å². The number of thiazole rings is 1. The summed E-state index contributed by atoms with van der Waals surface area (Å²) >= 11 is 1.53. The molecule has 198 valence electrons. The van der Waals surface area contributed by atoms with Gasteiger partial charge in [0, 0.05) is 42.4 Å². The summed E-state index contributed by atoms with van der Waals surface area (Å²) in [6, 6.07) is 9.30. The van der Waals surface area contributed by atoms with Gasteiger partial charge in [0.05, 0.1) is 32.8 Å². The van der Waals surface area contributed by atoms with Gasteiger partial charge in [0.2, 0.25) is 5.79 Å². The van der Waals surface area contributed by atoms with Gasteiger partial charge in [-0.2, -0.15) is 0 Å². The third kappa shape index (κ3) is 4.31. The van der Waals surface area contributed by atoms with Crippen molar-refractivity contribution in [3.63, 3.8) is 0 Å². The number of nitrogens with one attached hydrogen (secondary N) is 3. The van der Waals surface area contributed by atoms with Gasteiger partial charge in [-0.1, -0.05) is 6.07 Å². The lowest BCUT2D eigenvalue weighted by atomic mass is 9.68. The first-order valence-electron chi connectivity index (χ1n) is 12.6. The highest BCUT2D eigenvalue weighted by molar-refractivity contribution is 7.17. The summed E-state index contributed by atoms with van der Waals surface area (Å²) in [6.45, 7) is 6.82. The highest BCUT2D eigenvalue weighted by atomic mass is 32.1. The van der Waals surface area contributed by atoms with Gasteiger partial charge < -0.3 is 20.6 Å². The summed E-state index contributed by atoms with van der Waals surface area (Å²) in [5, 5.41) is 19.7. The molecule has 0 spiro atoms. The molecule has 11 heteroatoms. The van der Waals surface area contributed by atoms with Crippen molar-refractivity contribution in [1.29, 1.82) is 0 Å². The Hall–Kier alpha value is -3.83. The first-order valence-corrected chi connectivity index (χ1v) is 13.5. The number of allylic oxidation sites excluding steroid dienone is 2. The fourth-order valence-electron chi connectivity index (χ4n) is 5.49. The molecule has 2 aliphatic rings. The average molecular weight is 534 g/mol. The van der Waals surface area contributed by atoms with E-state index in [4.69, 9.17) is 4.99 Å². The van der Waals surface area contributed by atoms with Crippen molar-refractivity contribution in [3.05, 3.63) is 53.8 Å². The second-order valence-corrected chi connectivity index (χ2v) is 10.6. The Morgan fingerprint density at radius 3 is 2.87 bits per heavy atom. The predicted octanol–water partition coefficient (Wildman–Crippen LogP) is 3.83. The summed E-state index contributed by atoms with van der Waals surface area (Å²) in [6.07, 6.45) is 5.65. The van der Waals surface area contributed by atoms with Crippen LogP contribution in [0.15, 0.2) is 58.8 Å². The lowest BCUT2D eigenvalue weighted by Gasteiger charge is -2.54. The Morgan fingerprint density at radius 1 is 1.29 bits per heavy atom. The standard InChI is InChI=1S/C27H31N7O3S/c1-4-29-25(37)33-27(22-15-28-12-9-26(22,3)24(35)36)32-11-8-17(2)34(27)18-13-19(20-7-5-6-10-30-20)23-21(14-18)31-16-38-23/h5-8,10-11,13-14,16,22,28H,4,9,12,15H2,1-3H3,(H,35,36)(H2,29,33,37). The van der Waals surface area contributed by atoms with Crippen LogP contribution in [-0.2, 0) is 4.79 Å². The normalized spacial score (nSPS) is 25.2. The van der Waals surface area contributed by atoms with Crippen LogP contribution in [0.4, 0.5) is 10.5 Å². The third-order valence-corrected chi connectivity index (χ3v) is 8.32. The Bertz CT molecular complexity index is 1420. The molecule has 3 aromatic rings. The van der Waals surface area contributed by atoms with Crippen LogP contribution in [0.1, 0.15) is 27.2 Å². The van der Waals surface area contributed by atoms with E-state index in [1.54, 1.807) is 24.8 Å². The Balaban J connectivity index is 1.75. The fourth-order valence-corrected chi connectivity index (χ4v) is 6.28. The van der Waals surface area contributed by atoms with E-state index < -0.39 is 29.1 Å². The molecular weight excluding hydrogens is 502 g/mol. The number of aliphatic carboxylic acids is 1. The molecule has 2 aliphatic heterocycles. The molecule has 0 bridgehead atoms. The molecule has 3 atom stereocenters. The van der Waals surface area contributed by atoms with E-state index in [1.165, 1.54) is 11.3 Å². The van der Waals surface area contributed by atoms with Crippen molar-refractivity contribution in [3.8, 4) is 11.3 Å². The van der Waals surface area contributed by atoms with E-state index >= 15 is 0 Å². The van der Waals surface area contributed by atoms with Gasteiger partial charge in [-0.05, 0) is 64.1 Å². The van der Waals surface area contributed by atoms with Crippen LogP contribution in [0.2, 0.25) is 0 Å². The smallest absolute Gasteiger partial charge is 0.318 e. The molecule has 10 nitrogen and oxygen atoms in total. The Morgan fingerprint density at radius 2 is 2.13 bits per heavy atom. The summed E-state index contributed by atoms with van der Waals surface area (Å²) in [4.78, 5) is 41.9. The highest BCUT2D eigenvalue weighted by Crippen LogP contribution is 2.47.